The van der Waals surface area contributed by atoms with Gasteiger partial charge in [-0.25, -0.2) is 0 Å². The molecule has 0 radical (unpaired) electrons. The number of cyclic esters (lactones) is 1. The second-order valence-corrected chi connectivity index (χ2v) is 17.8. The van der Waals surface area contributed by atoms with Gasteiger partial charge < -0.3 is 80.9 Å². The number of hydrogen-bond donors (Lipinski definition) is 12. The maximum absolute atomic E-state index is 12.6. The normalized spacial score (nSPS) is 44.3. The summed E-state index contributed by atoms with van der Waals surface area (Å²) < 4.78 is 23.2. The molecule has 18 nitrogen and oxygen atoms in total. The third kappa shape index (κ3) is 18.8. The molecule has 18 heteroatoms. The molecule has 0 spiro atoms. The van der Waals surface area contributed by atoms with E-state index in [4.69, 9.17) is 24.7 Å². The lowest BCUT2D eigenvalue weighted by Crippen LogP contribution is -2.61. The zero-order valence-electron chi connectivity index (χ0n) is 37.8. The molecule has 0 saturated carbocycles. The van der Waals surface area contributed by atoms with Crippen LogP contribution in [0.5, 0.6) is 0 Å². The first kappa shape index (κ1) is 56.1. The maximum Gasteiger partial charge on any atom is 0.311 e. The number of carboxylic acids is 1. The van der Waals surface area contributed by atoms with Crippen molar-refractivity contribution in [1.29, 1.82) is 0 Å². The van der Waals surface area contributed by atoms with Gasteiger partial charge in [0.05, 0.1) is 79.6 Å². The van der Waals surface area contributed by atoms with Gasteiger partial charge in [-0.1, -0.05) is 86.8 Å². The summed E-state index contributed by atoms with van der Waals surface area (Å²) in [6.07, 6.45) is 2.28. The van der Waals surface area contributed by atoms with E-state index in [1.807, 2.05) is 49.5 Å². The fourth-order valence-corrected chi connectivity index (χ4v) is 8.11. The van der Waals surface area contributed by atoms with E-state index in [-0.39, 0.29) is 38.0 Å². The number of carbonyl (C=O) groups is 2. The zero-order chi connectivity index (χ0) is 48.4. The van der Waals surface area contributed by atoms with E-state index in [2.05, 4.69) is 0 Å². The van der Waals surface area contributed by atoms with Gasteiger partial charge in [0, 0.05) is 31.1 Å². The molecular formula is C47H75NO17. The van der Waals surface area contributed by atoms with Gasteiger partial charge in [0.1, 0.15) is 18.1 Å². The lowest BCUT2D eigenvalue weighted by molar-refractivity contribution is -0.310. The van der Waals surface area contributed by atoms with Crippen LogP contribution in [0.2, 0.25) is 0 Å². The van der Waals surface area contributed by atoms with Crippen molar-refractivity contribution in [3.8, 4) is 0 Å². The van der Waals surface area contributed by atoms with Crippen molar-refractivity contribution in [3.05, 3.63) is 72.9 Å². The molecular weight excluding hydrogens is 851 g/mol. The van der Waals surface area contributed by atoms with Gasteiger partial charge >= 0.3 is 11.9 Å². The monoisotopic (exact) mass is 926 g/mol. The molecule has 3 aliphatic rings. The second-order valence-electron chi connectivity index (χ2n) is 17.8. The van der Waals surface area contributed by atoms with Crippen LogP contribution in [0.1, 0.15) is 91.9 Å². The number of hydrogen-bond acceptors (Lipinski definition) is 17. The Labute approximate surface area is 381 Å². The van der Waals surface area contributed by atoms with E-state index >= 15 is 0 Å². The van der Waals surface area contributed by atoms with Crippen LogP contribution in [0, 0.1) is 17.8 Å². The first-order chi connectivity index (χ1) is 30.6. The van der Waals surface area contributed by atoms with Gasteiger partial charge in [0.15, 0.2) is 12.1 Å². The Morgan fingerprint density at radius 2 is 1.28 bits per heavy atom. The predicted molar refractivity (Wildman–Crippen MR) is 237 cm³/mol. The highest BCUT2D eigenvalue weighted by molar-refractivity contribution is 5.71. The van der Waals surface area contributed by atoms with Crippen LogP contribution < -0.4 is 5.73 Å². The standard InChI is InChI=1S/C47H75NO17/c1-27-17-15-13-11-9-7-5-6-8-10-12-14-16-18-34(64-46-44(58)41(48)43(57)30(4)63-46)24-38-40(45(59)60)37(54)26-47(61,65-38)25-36(53)35(52)20-19-31(49)21-32(50)22-33(51)23-39(55)62-29(3)28(2)42(27)56/h5-6,8,10-18,27-38,40-44,46,49-54,56-58,61H,7,9,19-26,48H2,1-4H3,(H,59,60)/b6-5-,10-8-,13-11?,14-12-,17-15-,18-16?/t27-,28+,29-,30-,31-,32-,33+,34+,35-,36+,37+,38-,40+,41+,42-,43+,44-,46+,47+/m0/s1. The van der Waals surface area contributed by atoms with Crippen molar-refractivity contribution in [2.45, 2.75) is 189 Å². The van der Waals surface area contributed by atoms with E-state index in [0.717, 1.165) is 12.8 Å². The Morgan fingerprint density at radius 3 is 1.94 bits per heavy atom. The molecule has 3 aliphatic heterocycles. The second kappa shape index (κ2) is 27.6. The molecule has 3 rings (SSSR count). The Bertz CT molecular complexity index is 1620. The molecule has 2 fully saturated rings. The van der Waals surface area contributed by atoms with Crippen molar-refractivity contribution < 1.29 is 84.7 Å². The largest absolute Gasteiger partial charge is 0.481 e. The molecule has 0 aromatic heterocycles. The molecule has 0 aliphatic carbocycles. The topological polar surface area (TPSA) is 320 Å². The molecule has 13 N–H and O–H groups in total. The average Bonchev–Trinajstić information content (AvgIpc) is 3.21. The van der Waals surface area contributed by atoms with Crippen molar-refractivity contribution in [1.82, 2.24) is 0 Å². The minimum Gasteiger partial charge on any atom is -0.481 e. The predicted octanol–water partition coefficient (Wildman–Crippen LogP) is 0.936. The number of fused-ring (bicyclic) bond motifs is 2. The summed E-state index contributed by atoms with van der Waals surface area (Å²) in [4.78, 5) is 25.1. The SMILES string of the molecule is C[C@H]1[C@@H](O)[C@@H](C)/C=C\C=CCC\C=C/C=C\C=C/C=C[C@@H](O[C@H]2O[C@@H](C)[C@@H](O)[C@@H](N)[C@@H]2O)C[C@@H]2O[C@@](O)(C[C@@H](O)[C@H]2C(=O)O)C[C@@H](O)[C@@H](O)CC[C@H](O)C[C@H](O)C[C@@H](O)CC(=O)O[C@H]1C. The van der Waals surface area contributed by atoms with E-state index < -0.39 is 141 Å². The number of esters is 1. The molecule has 3 heterocycles. The van der Waals surface area contributed by atoms with Crippen LogP contribution in [0.4, 0.5) is 0 Å². The third-order valence-electron chi connectivity index (χ3n) is 12.2. The Morgan fingerprint density at radius 1 is 0.692 bits per heavy atom. The van der Waals surface area contributed by atoms with Crippen molar-refractivity contribution in [2.24, 2.45) is 23.5 Å². The maximum atomic E-state index is 12.6. The summed E-state index contributed by atoms with van der Waals surface area (Å²) >= 11 is 0. The summed E-state index contributed by atoms with van der Waals surface area (Å²) in [5.41, 5.74) is 6.02. The molecule has 0 aromatic rings. The van der Waals surface area contributed by atoms with Crippen LogP contribution in [-0.4, -0.2) is 166 Å². The van der Waals surface area contributed by atoms with E-state index in [1.54, 1.807) is 38.2 Å². The summed E-state index contributed by atoms with van der Waals surface area (Å²) in [5.74, 6) is -6.82. The Hall–Kier alpha value is -3.18. The molecule has 0 aromatic carbocycles. The lowest BCUT2D eigenvalue weighted by Gasteiger charge is -2.45. The molecule has 2 saturated heterocycles. The number of carbonyl (C=O) groups excluding carboxylic acids is 1. The summed E-state index contributed by atoms with van der Waals surface area (Å²) in [7, 11) is 0. The summed E-state index contributed by atoms with van der Waals surface area (Å²) in [6, 6.07) is -1.14. The minimum absolute atomic E-state index is 0.138. The molecule has 19 atom stereocenters. The van der Waals surface area contributed by atoms with Crippen LogP contribution in [0.25, 0.3) is 0 Å². The summed E-state index contributed by atoms with van der Waals surface area (Å²) in [6.45, 7) is 6.78. The van der Waals surface area contributed by atoms with E-state index in [9.17, 15) is 65.8 Å². The van der Waals surface area contributed by atoms with Crippen LogP contribution in [0.15, 0.2) is 72.9 Å². The Kier molecular flexibility index (Phi) is 23.8. The van der Waals surface area contributed by atoms with Crippen LogP contribution >= 0.6 is 0 Å². The average molecular weight is 926 g/mol. The number of aliphatic hydroxyl groups is 10. The van der Waals surface area contributed by atoms with Crippen molar-refractivity contribution >= 4 is 11.9 Å². The number of aliphatic carboxylic acids is 1. The number of aliphatic hydroxyl groups excluding tert-OH is 9. The van der Waals surface area contributed by atoms with Gasteiger partial charge in [0.2, 0.25) is 0 Å². The van der Waals surface area contributed by atoms with Crippen molar-refractivity contribution in [2.75, 3.05) is 0 Å². The summed E-state index contributed by atoms with van der Waals surface area (Å²) in [5, 5.41) is 118. The zero-order valence-corrected chi connectivity index (χ0v) is 37.8. The van der Waals surface area contributed by atoms with Crippen LogP contribution in [0.3, 0.4) is 0 Å². The molecule has 370 valence electrons. The third-order valence-corrected chi connectivity index (χ3v) is 12.2. The lowest BCUT2D eigenvalue weighted by atomic mass is 9.82. The van der Waals surface area contributed by atoms with Gasteiger partial charge in [-0.2, -0.15) is 0 Å². The molecule has 65 heavy (non-hydrogen) atoms. The first-order valence-corrected chi connectivity index (χ1v) is 22.6. The van der Waals surface area contributed by atoms with Gasteiger partial charge in [-0.15, -0.1) is 0 Å². The Balaban J connectivity index is 1.84. The molecule has 0 amide bonds. The number of nitrogens with two attached hydrogens (primary N) is 1. The highest BCUT2D eigenvalue weighted by Gasteiger charge is 2.51. The number of rotatable bonds is 3. The smallest absolute Gasteiger partial charge is 0.311 e. The number of ether oxygens (including phenoxy) is 4. The number of carboxylic acid groups (broad SMARTS) is 1. The van der Waals surface area contributed by atoms with Crippen molar-refractivity contribution in [3.63, 3.8) is 0 Å². The van der Waals surface area contributed by atoms with E-state index in [1.165, 1.54) is 13.0 Å². The van der Waals surface area contributed by atoms with Gasteiger partial charge in [0.25, 0.3) is 0 Å². The van der Waals surface area contributed by atoms with Gasteiger partial charge in [-0.3, -0.25) is 9.59 Å². The fraction of sp³-hybridized carbons (Fsp3) is 0.702. The minimum atomic E-state index is -2.35. The molecule has 0 unspecified atom stereocenters. The molecule has 2 bridgehead atoms. The van der Waals surface area contributed by atoms with Gasteiger partial charge in [-0.05, 0) is 52.4 Å². The van der Waals surface area contributed by atoms with Crippen LogP contribution in [-0.2, 0) is 28.5 Å². The van der Waals surface area contributed by atoms with E-state index in [0.29, 0.717) is 0 Å². The fourth-order valence-electron chi connectivity index (χ4n) is 8.11. The number of allylic oxidation sites excluding steroid dienone is 10. The quantitative estimate of drug-likeness (QED) is 0.175. The highest BCUT2D eigenvalue weighted by Crippen LogP contribution is 2.38. The first-order valence-electron chi connectivity index (χ1n) is 22.6. The highest BCUT2D eigenvalue weighted by atomic mass is 16.7.